The minimum atomic E-state index is -0.685. The second-order valence-corrected chi connectivity index (χ2v) is 4.67. The van der Waals surface area contributed by atoms with Crippen molar-refractivity contribution in [2.75, 3.05) is 0 Å². The Balaban J connectivity index is 2.21. The molecular formula is C17H13NO3. The van der Waals surface area contributed by atoms with Crippen molar-refractivity contribution in [3.63, 3.8) is 0 Å². The zero-order valence-electron chi connectivity index (χ0n) is 11.3. The van der Waals surface area contributed by atoms with E-state index < -0.39 is 11.7 Å². The first-order valence-corrected chi connectivity index (χ1v) is 6.55. The fraction of sp³-hybridized carbons (Fsp3) is 0.0588. The SMILES string of the molecule is C=CC(=O)n1c(=O)oc2cccc(Cc3ccccc3)c21. The lowest BCUT2D eigenvalue weighted by atomic mass is 10.0. The minimum absolute atomic E-state index is 0.406. The van der Waals surface area contributed by atoms with Crippen LogP contribution in [-0.2, 0) is 6.42 Å². The molecule has 1 heterocycles. The zero-order valence-corrected chi connectivity index (χ0v) is 11.3. The van der Waals surface area contributed by atoms with E-state index in [1.54, 1.807) is 6.07 Å². The molecule has 0 fully saturated rings. The fourth-order valence-corrected chi connectivity index (χ4v) is 2.38. The van der Waals surface area contributed by atoms with E-state index in [1.807, 2.05) is 42.5 Å². The first-order valence-electron chi connectivity index (χ1n) is 6.55. The predicted molar refractivity (Wildman–Crippen MR) is 80.5 cm³/mol. The Morgan fingerprint density at radius 1 is 1.14 bits per heavy atom. The number of nitrogens with zero attached hydrogens (tertiary/aromatic N) is 1. The average molecular weight is 279 g/mol. The lowest BCUT2D eigenvalue weighted by Gasteiger charge is -2.05. The maximum atomic E-state index is 11.9. The number of oxazole rings is 1. The third-order valence-electron chi connectivity index (χ3n) is 3.32. The normalized spacial score (nSPS) is 10.7. The molecule has 0 bridgehead atoms. The molecule has 1 aromatic heterocycles. The number of benzene rings is 2. The largest absolute Gasteiger partial charge is 0.427 e. The molecule has 3 aromatic rings. The topological polar surface area (TPSA) is 52.2 Å². The smallest absolute Gasteiger partial charge is 0.407 e. The van der Waals surface area contributed by atoms with Crippen molar-refractivity contribution in [3.8, 4) is 0 Å². The van der Waals surface area contributed by atoms with Crippen LogP contribution in [-0.4, -0.2) is 10.5 Å². The second kappa shape index (κ2) is 5.25. The van der Waals surface area contributed by atoms with Gasteiger partial charge >= 0.3 is 5.76 Å². The molecule has 4 heteroatoms. The highest BCUT2D eigenvalue weighted by molar-refractivity contribution is 5.96. The van der Waals surface area contributed by atoms with Gasteiger partial charge in [0.1, 0.15) is 5.52 Å². The molecule has 0 spiro atoms. The van der Waals surface area contributed by atoms with Crippen molar-refractivity contribution in [2.45, 2.75) is 6.42 Å². The molecule has 4 nitrogen and oxygen atoms in total. The number of aromatic nitrogens is 1. The van der Waals surface area contributed by atoms with Crippen LogP contribution in [0.4, 0.5) is 0 Å². The van der Waals surface area contributed by atoms with Gasteiger partial charge in [-0.1, -0.05) is 49.0 Å². The van der Waals surface area contributed by atoms with Gasteiger partial charge in [-0.2, -0.15) is 0 Å². The van der Waals surface area contributed by atoms with Gasteiger partial charge in [-0.05, 0) is 29.7 Å². The van der Waals surface area contributed by atoms with E-state index in [0.717, 1.165) is 21.8 Å². The maximum Gasteiger partial charge on any atom is 0.427 e. The van der Waals surface area contributed by atoms with Crippen LogP contribution in [0.5, 0.6) is 0 Å². The number of hydrogen-bond acceptors (Lipinski definition) is 3. The summed E-state index contributed by atoms with van der Waals surface area (Å²) in [7, 11) is 0. The monoisotopic (exact) mass is 279 g/mol. The Morgan fingerprint density at radius 3 is 2.62 bits per heavy atom. The van der Waals surface area contributed by atoms with Crippen molar-refractivity contribution in [2.24, 2.45) is 0 Å². The van der Waals surface area contributed by atoms with Crippen LogP contribution in [0.1, 0.15) is 15.9 Å². The van der Waals surface area contributed by atoms with Gasteiger partial charge < -0.3 is 4.42 Å². The summed E-state index contributed by atoms with van der Waals surface area (Å²) in [5, 5.41) is 0. The van der Waals surface area contributed by atoms with Gasteiger partial charge in [0, 0.05) is 0 Å². The van der Waals surface area contributed by atoms with Gasteiger partial charge in [-0.25, -0.2) is 9.36 Å². The summed E-state index contributed by atoms with van der Waals surface area (Å²) in [6, 6.07) is 15.2. The van der Waals surface area contributed by atoms with Crippen molar-refractivity contribution in [1.82, 2.24) is 4.57 Å². The molecule has 0 saturated heterocycles. The Labute approximate surface area is 120 Å². The lowest BCUT2D eigenvalue weighted by molar-refractivity contribution is 0.0966. The van der Waals surface area contributed by atoms with Gasteiger partial charge in [0.05, 0.1) is 0 Å². The molecule has 2 aromatic carbocycles. The van der Waals surface area contributed by atoms with E-state index in [2.05, 4.69) is 6.58 Å². The van der Waals surface area contributed by atoms with E-state index in [9.17, 15) is 9.59 Å². The van der Waals surface area contributed by atoms with Crippen LogP contribution < -0.4 is 5.76 Å². The first-order chi connectivity index (χ1) is 10.2. The number of hydrogen-bond donors (Lipinski definition) is 0. The van der Waals surface area contributed by atoms with Crippen LogP contribution in [0.2, 0.25) is 0 Å². The van der Waals surface area contributed by atoms with Gasteiger partial charge in [0.2, 0.25) is 0 Å². The molecule has 0 atom stereocenters. The summed E-state index contributed by atoms with van der Waals surface area (Å²) in [6.45, 7) is 3.43. The summed E-state index contributed by atoms with van der Waals surface area (Å²) in [6.07, 6.45) is 1.72. The van der Waals surface area contributed by atoms with E-state index in [-0.39, 0.29) is 0 Å². The highest BCUT2D eigenvalue weighted by Crippen LogP contribution is 2.21. The molecular weight excluding hydrogens is 266 g/mol. The van der Waals surface area contributed by atoms with Crippen LogP contribution in [0.25, 0.3) is 11.1 Å². The van der Waals surface area contributed by atoms with Crippen molar-refractivity contribution < 1.29 is 9.21 Å². The first kappa shape index (κ1) is 13.1. The molecule has 3 rings (SSSR count). The summed E-state index contributed by atoms with van der Waals surface area (Å²) in [5.74, 6) is -1.17. The Hall–Kier alpha value is -2.88. The lowest BCUT2D eigenvalue weighted by Crippen LogP contribution is -2.20. The summed E-state index contributed by atoms with van der Waals surface area (Å²) < 4.78 is 6.17. The highest BCUT2D eigenvalue weighted by atomic mass is 16.4. The Bertz CT molecular complexity index is 872. The van der Waals surface area contributed by atoms with Gasteiger partial charge in [0.15, 0.2) is 5.58 Å². The fourth-order valence-electron chi connectivity index (χ4n) is 2.38. The summed E-state index contributed by atoms with van der Waals surface area (Å²) in [4.78, 5) is 23.8. The molecule has 0 amide bonds. The molecule has 0 aliphatic carbocycles. The third kappa shape index (κ3) is 2.31. The molecule has 0 radical (unpaired) electrons. The maximum absolute atomic E-state index is 11.9. The second-order valence-electron chi connectivity index (χ2n) is 4.67. The highest BCUT2D eigenvalue weighted by Gasteiger charge is 2.16. The molecule has 0 unspecified atom stereocenters. The predicted octanol–water partition coefficient (Wildman–Crippen LogP) is 3.01. The molecule has 0 N–H and O–H groups in total. The van der Waals surface area contributed by atoms with E-state index in [4.69, 9.17) is 4.42 Å². The average Bonchev–Trinajstić information content (AvgIpc) is 2.84. The number of rotatable bonds is 3. The number of para-hydroxylation sites is 1. The minimum Gasteiger partial charge on any atom is -0.407 e. The summed E-state index contributed by atoms with van der Waals surface area (Å²) in [5.41, 5.74) is 2.87. The van der Waals surface area contributed by atoms with Gasteiger partial charge in [-0.15, -0.1) is 0 Å². The van der Waals surface area contributed by atoms with Crippen molar-refractivity contribution in [3.05, 3.63) is 82.9 Å². The van der Waals surface area contributed by atoms with Gasteiger partial charge in [0.25, 0.3) is 5.91 Å². The molecule has 104 valence electrons. The zero-order chi connectivity index (χ0) is 14.8. The molecule has 0 saturated carbocycles. The number of fused-ring (bicyclic) bond motifs is 1. The van der Waals surface area contributed by atoms with Crippen LogP contribution in [0.15, 0.2) is 70.4 Å². The van der Waals surface area contributed by atoms with Crippen LogP contribution in [0, 0.1) is 0 Å². The van der Waals surface area contributed by atoms with E-state index >= 15 is 0 Å². The van der Waals surface area contributed by atoms with Crippen LogP contribution in [0.3, 0.4) is 0 Å². The molecule has 0 aliphatic rings. The standard InChI is InChI=1S/C17H13NO3/c1-2-15(19)18-16-13(11-12-7-4-3-5-8-12)9-6-10-14(16)21-17(18)20/h2-10H,1,11H2. The Kier molecular flexibility index (Phi) is 3.28. The third-order valence-corrected chi connectivity index (χ3v) is 3.32. The number of carbonyl (C=O) groups excluding carboxylic acids is 1. The van der Waals surface area contributed by atoms with Crippen molar-refractivity contribution in [1.29, 1.82) is 0 Å². The van der Waals surface area contributed by atoms with Gasteiger partial charge in [-0.3, -0.25) is 4.79 Å². The molecule has 21 heavy (non-hydrogen) atoms. The Morgan fingerprint density at radius 2 is 1.90 bits per heavy atom. The number of allylic oxidation sites excluding steroid dienone is 1. The summed E-state index contributed by atoms with van der Waals surface area (Å²) >= 11 is 0. The quantitative estimate of drug-likeness (QED) is 0.692. The van der Waals surface area contributed by atoms with E-state index in [1.165, 1.54) is 0 Å². The van der Waals surface area contributed by atoms with Crippen molar-refractivity contribution >= 4 is 17.0 Å². The molecule has 0 aliphatic heterocycles. The van der Waals surface area contributed by atoms with E-state index in [0.29, 0.717) is 17.5 Å². The van der Waals surface area contributed by atoms with Crippen LogP contribution >= 0.6 is 0 Å². The number of carbonyl (C=O) groups is 1.